The first-order valence-electron chi connectivity index (χ1n) is 8.59. The molecule has 0 heterocycles. The van der Waals surface area contributed by atoms with Crippen molar-refractivity contribution in [3.8, 4) is 0 Å². The molecule has 6 rings (SSSR count). The molecule has 6 bridgehead atoms. The summed E-state index contributed by atoms with van der Waals surface area (Å²) in [6.07, 6.45) is 7.44. The van der Waals surface area contributed by atoms with Gasteiger partial charge in [0, 0.05) is 0 Å². The van der Waals surface area contributed by atoms with Crippen LogP contribution in [0.5, 0.6) is 0 Å². The van der Waals surface area contributed by atoms with Crippen molar-refractivity contribution in [2.75, 3.05) is 0 Å². The van der Waals surface area contributed by atoms with Crippen molar-refractivity contribution in [2.24, 2.45) is 59.2 Å². The van der Waals surface area contributed by atoms with Crippen LogP contribution in [0, 0.1) is 59.2 Å². The van der Waals surface area contributed by atoms with Crippen molar-refractivity contribution in [3.05, 3.63) is 24.3 Å². The Bertz CT molecular complexity index is 470. The number of hydrogen-bond acceptors (Lipinski definition) is 0. The van der Waals surface area contributed by atoms with Gasteiger partial charge in [0.1, 0.15) is 0 Å². The number of hydrogen-bond donors (Lipinski definition) is 0. The van der Waals surface area contributed by atoms with Crippen LogP contribution in [0.2, 0.25) is 0 Å². The highest BCUT2D eigenvalue weighted by molar-refractivity contribution is 5.29. The van der Waals surface area contributed by atoms with Gasteiger partial charge in [0.2, 0.25) is 0 Å². The summed E-state index contributed by atoms with van der Waals surface area (Å²) in [6.45, 7) is 8.82. The molecule has 0 aromatic rings. The van der Waals surface area contributed by atoms with Crippen molar-refractivity contribution in [2.45, 2.75) is 32.1 Å². The fraction of sp³-hybridized carbons (Fsp3) is 0.789. The van der Waals surface area contributed by atoms with Crippen LogP contribution < -0.4 is 0 Å². The fourth-order valence-corrected chi connectivity index (χ4v) is 8.63. The lowest BCUT2D eigenvalue weighted by Crippen LogP contribution is -2.41. The maximum Gasteiger partial charge on any atom is -0.0169 e. The Morgan fingerprint density at radius 1 is 0.632 bits per heavy atom. The highest BCUT2D eigenvalue weighted by Crippen LogP contribution is 2.77. The summed E-state index contributed by atoms with van der Waals surface area (Å²) in [5.41, 5.74) is 3.27. The average Bonchev–Trinajstić information content (AvgIpc) is 3.12. The van der Waals surface area contributed by atoms with Gasteiger partial charge >= 0.3 is 0 Å². The third-order valence-corrected chi connectivity index (χ3v) is 8.64. The van der Waals surface area contributed by atoms with Gasteiger partial charge in [-0.25, -0.2) is 0 Å². The van der Waals surface area contributed by atoms with E-state index in [4.69, 9.17) is 0 Å². The van der Waals surface area contributed by atoms with E-state index in [1.54, 1.807) is 17.6 Å². The number of rotatable bonds is 0. The van der Waals surface area contributed by atoms with Crippen LogP contribution in [0.4, 0.5) is 0 Å². The predicted octanol–water partition coefficient (Wildman–Crippen LogP) is 4.29. The lowest BCUT2D eigenvalue weighted by Gasteiger charge is -2.46. The molecule has 0 amide bonds. The maximum atomic E-state index is 4.41. The van der Waals surface area contributed by atoms with Gasteiger partial charge in [0.05, 0.1) is 0 Å². The van der Waals surface area contributed by atoms with Gasteiger partial charge in [0.15, 0.2) is 0 Å². The van der Waals surface area contributed by atoms with E-state index in [1.165, 1.54) is 25.7 Å². The van der Waals surface area contributed by atoms with Crippen molar-refractivity contribution < 1.29 is 0 Å². The van der Waals surface area contributed by atoms with Gasteiger partial charge in [-0.05, 0) is 91.3 Å². The molecule has 0 nitrogen and oxygen atoms in total. The molecular formula is C19H24. The molecule has 0 saturated heterocycles. The molecule has 6 aliphatic carbocycles. The summed E-state index contributed by atoms with van der Waals surface area (Å²) in [7, 11) is 0. The SMILES string of the molecule is C=C1CC2CC1C1C3CC(C21)C1C2CC(=C)C(C2)C31. The average molecular weight is 252 g/mol. The van der Waals surface area contributed by atoms with Gasteiger partial charge in [0.25, 0.3) is 0 Å². The summed E-state index contributed by atoms with van der Waals surface area (Å²) in [6, 6.07) is 0. The molecule has 19 heavy (non-hydrogen) atoms. The molecule has 0 aromatic heterocycles. The van der Waals surface area contributed by atoms with E-state index in [-0.39, 0.29) is 0 Å². The second-order valence-corrected chi connectivity index (χ2v) is 8.80. The van der Waals surface area contributed by atoms with Crippen molar-refractivity contribution in [1.29, 1.82) is 0 Å². The molecule has 0 aliphatic heterocycles. The van der Waals surface area contributed by atoms with Crippen LogP contribution in [-0.4, -0.2) is 0 Å². The summed E-state index contributed by atoms with van der Waals surface area (Å²) >= 11 is 0. The monoisotopic (exact) mass is 252 g/mol. The van der Waals surface area contributed by atoms with Crippen molar-refractivity contribution in [3.63, 3.8) is 0 Å². The molecular weight excluding hydrogens is 228 g/mol. The zero-order valence-corrected chi connectivity index (χ0v) is 11.7. The summed E-state index contributed by atoms with van der Waals surface area (Å²) in [5, 5.41) is 0. The van der Waals surface area contributed by atoms with E-state index >= 15 is 0 Å². The van der Waals surface area contributed by atoms with E-state index in [1.807, 2.05) is 0 Å². The molecule has 0 aromatic carbocycles. The Morgan fingerprint density at radius 2 is 1.11 bits per heavy atom. The number of allylic oxidation sites excluding steroid dienone is 2. The van der Waals surface area contributed by atoms with Crippen LogP contribution in [-0.2, 0) is 0 Å². The Labute approximate surface area is 116 Å². The third kappa shape index (κ3) is 0.920. The first kappa shape index (κ1) is 10.2. The van der Waals surface area contributed by atoms with Gasteiger partial charge in [-0.15, -0.1) is 0 Å². The maximum absolute atomic E-state index is 4.41. The first-order chi connectivity index (χ1) is 9.24. The van der Waals surface area contributed by atoms with Crippen molar-refractivity contribution >= 4 is 0 Å². The minimum Gasteiger partial charge on any atom is -0.0996 e. The lowest BCUT2D eigenvalue weighted by atomic mass is 9.59. The van der Waals surface area contributed by atoms with Crippen LogP contribution in [0.25, 0.3) is 0 Å². The minimum atomic E-state index is 0.943. The standard InChI is InChI=1S/C19H24/c1-8-3-10-5-12(8)18-15-7-14(16(10)18)17-11-4-9(2)13(6-11)19(15)17/h10-19H,1-7H2. The largest absolute Gasteiger partial charge is 0.0996 e. The second kappa shape index (κ2) is 2.90. The Hall–Kier alpha value is -0.520. The Morgan fingerprint density at radius 3 is 1.63 bits per heavy atom. The van der Waals surface area contributed by atoms with Crippen molar-refractivity contribution in [1.82, 2.24) is 0 Å². The molecule has 6 fully saturated rings. The third-order valence-electron chi connectivity index (χ3n) is 8.64. The molecule has 8 atom stereocenters. The minimum absolute atomic E-state index is 0.943. The normalized spacial score (nSPS) is 67.2. The molecule has 0 radical (unpaired) electrons. The molecule has 0 heteroatoms. The summed E-state index contributed by atoms with van der Waals surface area (Å²) in [5.74, 6) is 10.6. The van der Waals surface area contributed by atoms with E-state index in [9.17, 15) is 0 Å². The molecule has 6 aliphatic rings. The molecule has 6 saturated carbocycles. The zero-order chi connectivity index (χ0) is 12.5. The quantitative estimate of drug-likeness (QED) is 0.445. The Balaban J connectivity index is 1.46. The van der Waals surface area contributed by atoms with E-state index in [0.29, 0.717) is 0 Å². The first-order valence-corrected chi connectivity index (χ1v) is 8.59. The Kier molecular flexibility index (Phi) is 1.56. The zero-order valence-electron chi connectivity index (χ0n) is 11.7. The van der Waals surface area contributed by atoms with E-state index < -0.39 is 0 Å². The van der Waals surface area contributed by atoms with E-state index in [0.717, 1.165) is 59.2 Å². The fourth-order valence-electron chi connectivity index (χ4n) is 8.63. The topological polar surface area (TPSA) is 0 Å². The van der Waals surface area contributed by atoms with Crippen LogP contribution >= 0.6 is 0 Å². The van der Waals surface area contributed by atoms with Crippen LogP contribution in [0.3, 0.4) is 0 Å². The second-order valence-electron chi connectivity index (χ2n) is 8.80. The lowest BCUT2D eigenvalue weighted by molar-refractivity contribution is 0.0506. The summed E-state index contributed by atoms with van der Waals surface area (Å²) in [4.78, 5) is 0. The highest BCUT2D eigenvalue weighted by atomic mass is 14.8. The molecule has 0 N–H and O–H groups in total. The summed E-state index contributed by atoms with van der Waals surface area (Å²) < 4.78 is 0. The van der Waals surface area contributed by atoms with Crippen LogP contribution in [0.15, 0.2) is 24.3 Å². The van der Waals surface area contributed by atoms with Gasteiger partial charge < -0.3 is 0 Å². The predicted molar refractivity (Wildman–Crippen MR) is 76.3 cm³/mol. The molecule has 100 valence electrons. The molecule has 0 spiro atoms. The highest BCUT2D eigenvalue weighted by Gasteiger charge is 2.71. The molecule has 8 unspecified atom stereocenters. The number of fused-ring (bicyclic) bond motifs is 16. The van der Waals surface area contributed by atoms with E-state index in [2.05, 4.69) is 13.2 Å². The smallest absolute Gasteiger partial charge is 0.0169 e. The van der Waals surface area contributed by atoms with Gasteiger partial charge in [-0.3, -0.25) is 0 Å². The van der Waals surface area contributed by atoms with Gasteiger partial charge in [-0.2, -0.15) is 0 Å². The van der Waals surface area contributed by atoms with Gasteiger partial charge in [-0.1, -0.05) is 24.3 Å². The van der Waals surface area contributed by atoms with Crippen LogP contribution in [0.1, 0.15) is 32.1 Å².